The Labute approximate surface area is 184 Å². The molecule has 1 aromatic heterocycles. The van der Waals surface area contributed by atoms with Crippen molar-refractivity contribution >= 4 is 0 Å². The minimum absolute atomic E-state index is 0.0763. The molecule has 3 aromatic rings. The lowest BCUT2D eigenvalue weighted by atomic mass is 9.86. The fraction of sp³-hybridized carbons (Fsp3) is 0.375. The monoisotopic (exact) mass is 436 g/mol. The van der Waals surface area contributed by atoms with Crippen molar-refractivity contribution in [3.05, 3.63) is 92.0 Å². The van der Waals surface area contributed by atoms with Gasteiger partial charge in [-0.2, -0.15) is 5.10 Å². The summed E-state index contributed by atoms with van der Waals surface area (Å²) in [4.78, 5) is 27.8. The molecule has 7 nitrogen and oxygen atoms in total. The van der Waals surface area contributed by atoms with E-state index < -0.39 is 11.1 Å². The van der Waals surface area contributed by atoms with Crippen molar-refractivity contribution < 1.29 is 9.13 Å². The molecule has 0 radical (unpaired) electrons. The van der Waals surface area contributed by atoms with Crippen LogP contribution in [0.25, 0.3) is 0 Å². The van der Waals surface area contributed by atoms with E-state index in [9.17, 15) is 14.0 Å². The van der Waals surface area contributed by atoms with E-state index in [1.807, 2.05) is 12.1 Å². The van der Waals surface area contributed by atoms with Gasteiger partial charge in [0.2, 0.25) is 0 Å². The van der Waals surface area contributed by atoms with E-state index in [0.717, 1.165) is 37.4 Å². The van der Waals surface area contributed by atoms with Crippen LogP contribution in [0.15, 0.2) is 58.1 Å². The molecule has 2 aliphatic rings. The molecule has 32 heavy (non-hydrogen) atoms. The summed E-state index contributed by atoms with van der Waals surface area (Å²) in [6.07, 6.45) is 1.63. The van der Waals surface area contributed by atoms with Gasteiger partial charge in [0.25, 0.3) is 0 Å². The van der Waals surface area contributed by atoms with Crippen molar-refractivity contribution in [2.75, 3.05) is 20.2 Å². The van der Waals surface area contributed by atoms with Crippen molar-refractivity contribution in [1.82, 2.24) is 19.2 Å². The first-order chi connectivity index (χ1) is 15.4. The highest BCUT2D eigenvalue weighted by molar-refractivity contribution is 5.27. The number of benzene rings is 2. The van der Waals surface area contributed by atoms with Crippen LogP contribution in [0.2, 0.25) is 0 Å². The van der Waals surface area contributed by atoms with Gasteiger partial charge in [0.05, 0.1) is 13.7 Å². The molecule has 1 spiro atoms. The van der Waals surface area contributed by atoms with Crippen LogP contribution in [0, 0.1) is 11.2 Å². The first kappa shape index (κ1) is 20.6. The molecular weight excluding hydrogens is 411 g/mol. The van der Waals surface area contributed by atoms with E-state index in [4.69, 9.17) is 4.74 Å². The molecule has 1 unspecified atom stereocenters. The van der Waals surface area contributed by atoms with Crippen molar-refractivity contribution in [2.45, 2.75) is 32.5 Å². The third-order valence-electron chi connectivity index (χ3n) is 6.57. The number of likely N-dealkylation sites (tertiary alicyclic amines) is 1. The number of nitrogens with zero attached hydrogens (tertiary/aromatic N) is 4. The van der Waals surface area contributed by atoms with Crippen LogP contribution in [0.1, 0.15) is 23.4 Å². The predicted molar refractivity (Wildman–Crippen MR) is 117 cm³/mol. The summed E-state index contributed by atoms with van der Waals surface area (Å²) < 4.78 is 21.2. The Morgan fingerprint density at radius 1 is 0.969 bits per heavy atom. The lowest BCUT2D eigenvalue weighted by Gasteiger charge is -2.22. The molecule has 2 aliphatic heterocycles. The molecule has 3 heterocycles. The zero-order valence-corrected chi connectivity index (χ0v) is 18.0. The second-order valence-corrected chi connectivity index (χ2v) is 8.88. The normalized spacial score (nSPS) is 20.1. The lowest BCUT2D eigenvalue weighted by Crippen LogP contribution is -2.43. The minimum Gasteiger partial charge on any atom is -0.497 e. The summed E-state index contributed by atoms with van der Waals surface area (Å²) in [5.41, 5.74) is 0.704. The third-order valence-corrected chi connectivity index (χ3v) is 6.57. The molecule has 1 fully saturated rings. The Morgan fingerprint density at radius 3 is 2.38 bits per heavy atom. The molecule has 1 atom stereocenters. The van der Waals surface area contributed by atoms with Crippen LogP contribution in [-0.2, 0) is 26.1 Å². The average molecular weight is 436 g/mol. The van der Waals surface area contributed by atoms with E-state index in [1.165, 1.54) is 22.4 Å². The van der Waals surface area contributed by atoms with Gasteiger partial charge in [0.15, 0.2) is 0 Å². The fourth-order valence-electron chi connectivity index (χ4n) is 4.90. The number of methoxy groups -OCH3 is 1. The Bertz CT molecular complexity index is 1250. The molecule has 166 valence electrons. The number of ether oxygens (including phenoxy) is 1. The maximum atomic E-state index is 13.2. The third kappa shape index (κ3) is 3.86. The molecule has 0 bridgehead atoms. The standard InChI is InChI=1S/C24H25FN4O3/c1-32-20-8-4-17(5-9-20)13-27-11-10-24(15-27)12-21-26-29(23(31)22(30)28(21)16-24)14-18-2-6-19(25)7-3-18/h2-9H,10-16H2,1H3. The van der Waals surface area contributed by atoms with Crippen molar-refractivity contribution in [2.24, 2.45) is 5.41 Å². The Kier molecular flexibility index (Phi) is 5.17. The van der Waals surface area contributed by atoms with Gasteiger partial charge in [0.1, 0.15) is 17.4 Å². The molecule has 0 aliphatic carbocycles. The van der Waals surface area contributed by atoms with Crippen molar-refractivity contribution in [3.63, 3.8) is 0 Å². The zero-order valence-electron chi connectivity index (χ0n) is 18.0. The van der Waals surface area contributed by atoms with E-state index >= 15 is 0 Å². The summed E-state index contributed by atoms with van der Waals surface area (Å²) in [5.74, 6) is 1.15. The molecular formula is C24H25FN4O3. The fourth-order valence-corrected chi connectivity index (χ4v) is 4.90. The zero-order chi connectivity index (χ0) is 22.3. The van der Waals surface area contributed by atoms with Gasteiger partial charge in [-0.05, 0) is 48.4 Å². The van der Waals surface area contributed by atoms with Gasteiger partial charge in [-0.3, -0.25) is 19.1 Å². The smallest absolute Gasteiger partial charge is 0.332 e. The maximum absolute atomic E-state index is 13.2. The quantitative estimate of drug-likeness (QED) is 0.573. The highest BCUT2D eigenvalue weighted by Crippen LogP contribution is 2.39. The number of hydrogen-bond acceptors (Lipinski definition) is 5. The number of aromatic nitrogens is 3. The van der Waals surface area contributed by atoms with Gasteiger partial charge in [-0.15, -0.1) is 0 Å². The molecule has 8 heteroatoms. The SMILES string of the molecule is COc1ccc(CN2CCC3(Cc4nn(Cc5ccc(F)cc5)c(=O)c(=O)n4C3)C2)cc1. The van der Waals surface area contributed by atoms with Crippen molar-refractivity contribution in [3.8, 4) is 5.75 Å². The second-order valence-electron chi connectivity index (χ2n) is 8.88. The van der Waals surface area contributed by atoms with Gasteiger partial charge >= 0.3 is 11.1 Å². The minimum atomic E-state index is -0.636. The highest BCUT2D eigenvalue weighted by Gasteiger charge is 2.44. The summed E-state index contributed by atoms with van der Waals surface area (Å²) in [5, 5.41) is 4.52. The first-order valence-electron chi connectivity index (χ1n) is 10.8. The lowest BCUT2D eigenvalue weighted by molar-refractivity contribution is 0.246. The molecule has 0 N–H and O–H groups in total. The first-order valence-corrected chi connectivity index (χ1v) is 10.8. The van der Waals surface area contributed by atoms with Gasteiger partial charge in [0, 0.05) is 31.5 Å². The molecule has 0 saturated carbocycles. The summed E-state index contributed by atoms with van der Waals surface area (Å²) in [7, 11) is 1.66. The molecule has 2 aromatic carbocycles. The number of rotatable bonds is 5. The van der Waals surface area contributed by atoms with Crippen LogP contribution in [0.4, 0.5) is 4.39 Å². The van der Waals surface area contributed by atoms with Crippen LogP contribution < -0.4 is 15.9 Å². The Balaban J connectivity index is 1.33. The highest BCUT2D eigenvalue weighted by atomic mass is 19.1. The van der Waals surface area contributed by atoms with Crippen molar-refractivity contribution in [1.29, 1.82) is 0 Å². The maximum Gasteiger partial charge on any atom is 0.332 e. The van der Waals surface area contributed by atoms with Crippen LogP contribution in [0.3, 0.4) is 0 Å². The summed E-state index contributed by atoms with van der Waals surface area (Å²) in [6, 6.07) is 13.9. The number of hydrogen-bond donors (Lipinski definition) is 0. The molecule has 1 saturated heterocycles. The van der Waals surface area contributed by atoms with E-state index in [2.05, 4.69) is 22.1 Å². The summed E-state index contributed by atoms with van der Waals surface area (Å²) in [6.45, 7) is 3.31. The summed E-state index contributed by atoms with van der Waals surface area (Å²) >= 11 is 0. The van der Waals surface area contributed by atoms with Crippen LogP contribution in [-0.4, -0.2) is 39.4 Å². The van der Waals surface area contributed by atoms with Crippen LogP contribution >= 0.6 is 0 Å². The number of fused-ring (bicyclic) bond motifs is 1. The average Bonchev–Trinajstić information content (AvgIpc) is 3.36. The van der Waals surface area contributed by atoms with Gasteiger partial charge in [-0.1, -0.05) is 24.3 Å². The topological polar surface area (TPSA) is 69.4 Å². The molecule has 0 amide bonds. The van der Waals surface area contributed by atoms with E-state index in [0.29, 0.717) is 18.8 Å². The van der Waals surface area contributed by atoms with Gasteiger partial charge in [-0.25, -0.2) is 9.07 Å². The number of halogens is 1. The van der Waals surface area contributed by atoms with Gasteiger partial charge < -0.3 is 4.74 Å². The predicted octanol–water partition coefficient (Wildman–Crippen LogP) is 2.05. The van der Waals surface area contributed by atoms with E-state index in [1.54, 1.807) is 23.8 Å². The Hall–Kier alpha value is -3.26. The largest absolute Gasteiger partial charge is 0.497 e. The Morgan fingerprint density at radius 2 is 1.66 bits per heavy atom. The molecule has 5 rings (SSSR count). The second kappa shape index (κ2) is 8.02. The van der Waals surface area contributed by atoms with Crippen LogP contribution in [0.5, 0.6) is 5.75 Å². The van der Waals surface area contributed by atoms with E-state index in [-0.39, 0.29) is 17.8 Å².